The molecule has 1 fully saturated rings. The molecule has 3 nitrogen and oxygen atoms in total. The number of rotatable bonds is 3. The standard InChI is InChI=1S/C16H31NO2/c1-9-14(2,3)13(18)19-12-10-15(4,5)17(8)16(6,7)11-12/h12H,9-11H2,1-8H3. The van der Waals surface area contributed by atoms with Crippen LogP contribution in [0.4, 0.5) is 0 Å². The smallest absolute Gasteiger partial charge is 0.311 e. The predicted molar refractivity (Wildman–Crippen MR) is 79.1 cm³/mol. The summed E-state index contributed by atoms with van der Waals surface area (Å²) in [7, 11) is 2.16. The van der Waals surface area contributed by atoms with Gasteiger partial charge in [-0.25, -0.2) is 0 Å². The molecule has 19 heavy (non-hydrogen) atoms. The average Bonchev–Trinajstić information content (AvgIpc) is 2.24. The molecule has 112 valence electrons. The molecule has 1 aliphatic heterocycles. The molecule has 0 saturated carbocycles. The molecule has 1 heterocycles. The molecule has 1 rings (SSSR count). The molecule has 0 aliphatic carbocycles. The molecular formula is C16H31NO2. The van der Waals surface area contributed by atoms with Crippen LogP contribution < -0.4 is 0 Å². The Morgan fingerprint density at radius 3 is 2.00 bits per heavy atom. The second-order valence-electron chi connectivity index (χ2n) is 7.86. The van der Waals surface area contributed by atoms with Crippen molar-refractivity contribution in [2.75, 3.05) is 7.05 Å². The third-order valence-corrected chi connectivity index (χ3v) is 4.98. The maximum Gasteiger partial charge on any atom is 0.311 e. The van der Waals surface area contributed by atoms with Gasteiger partial charge in [-0.05, 0) is 55.0 Å². The van der Waals surface area contributed by atoms with Crippen molar-refractivity contribution in [3.8, 4) is 0 Å². The van der Waals surface area contributed by atoms with Crippen molar-refractivity contribution < 1.29 is 9.53 Å². The number of hydrogen-bond donors (Lipinski definition) is 0. The van der Waals surface area contributed by atoms with Crippen molar-refractivity contribution in [3.63, 3.8) is 0 Å². The van der Waals surface area contributed by atoms with Crippen LogP contribution >= 0.6 is 0 Å². The van der Waals surface area contributed by atoms with Crippen LogP contribution in [0.3, 0.4) is 0 Å². The normalized spacial score (nSPS) is 24.2. The lowest BCUT2D eigenvalue weighted by atomic mass is 9.78. The fraction of sp³-hybridized carbons (Fsp3) is 0.938. The van der Waals surface area contributed by atoms with Crippen LogP contribution in [0, 0.1) is 5.41 Å². The number of esters is 1. The SMILES string of the molecule is CCC(C)(C)C(=O)OC1CC(C)(C)N(C)C(C)(C)C1. The Bertz CT molecular complexity index is 327. The first-order chi connectivity index (χ1) is 8.42. The summed E-state index contributed by atoms with van der Waals surface area (Å²) in [6, 6.07) is 0. The summed E-state index contributed by atoms with van der Waals surface area (Å²) in [5.74, 6) is -0.0591. The second-order valence-corrected chi connectivity index (χ2v) is 7.86. The first kappa shape index (κ1) is 16.5. The second kappa shape index (κ2) is 5.08. The molecule has 0 spiro atoms. The van der Waals surface area contributed by atoms with Crippen LogP contribution in [0.5, 0.6) is 0 Å². The molecule has 0 aromatic rings. The van der Waals surface area contributed by atoms with Crippen molar-refractivity contribution in [2.24, 2.45) is 5.41 Å². The number of ether oxygens (including phenoxy) is 1. The number of piperidine rings is 1. The summed E-state index contributed by atoms with van der Waals surface area (Å²) in [6.45, 7) is 14.8. The molecule has 0 amide bonds. The zero-order chi connectivity index (χ0) is 15.1. The summed E-state index contributed by atoms with van der Waals surface area (Å²) in [5.41, 5.74) is -0.260. The molecule has 0 aromatic carbocycles. The quantitative estimate of drug-likeness (QED) is 0.733. The van der Waals surface area contributed by atoms with Gasteiger partial charge in [0.1, 0.15) is 6.10 Å². The first-order valence-corrected chi connectivity index (χ1v) is 7.37. The highest BCUT2D eigenvalue weighted by atomic mass is 16.5. The van der Waals surface area contributed by atoms with Gasteiger partial charge in [0, 0.05) is 23.9 Å². The van der Waals surface area contributed by atoms with E-state index in [4.69, 9.17) is 4.74 Å². The summed E-state index contributed by atoms with van der Waals surface area (Å²) in [4.78, 5) is 14.6. The molecule has 0 bridgehead atoms. The Balaban J connectivity index is 2.79. The molecule has 0 N–H and O–H groups in total. The molecule has 0 unspecified atom stereocenters. The van der Waals surface area contributed by atoms with E-state index in [0.717, 1.165) is 19.3 Å². The molecule has 0 radical (unpaired) electrons. The van der Waals surface area contributed by atoms with Crippen LogP contribution in [0.15, 0.2) is 0 Å². The topological polar surface area (TPSA) is 29.5 Å². The Kier molecular flexibility index (Phi) is 4.41. The third kappa shape index (κ3) is 3.50. The highest BCUT2D eigenvalue weighted by molar-refractivity contribution is 5.76. The van der Waals surface area contributed by atoms with Crippen LogP contribution in [0.25, 0.3) is 0 Å². The van der Waals surface area contributed by atoms with Crippen molar-refractivity contribution in [1.82, 2.24) is 4.90 Å². The van der Waals surface area contributed by atoms with Crippen molar-refractivity contribution in [1.29, 1.82) is 0 Å². The van der Waals surface area contributed by atoms with Crippen LogP contribution in [-0.2, 0) is 9.53 Å². The highest BCUT2D eigenvalue weighted by Crippen LogP contribution is 2.39. The van der Waals surface area contributed by atoms with E-state index < -0.39 is 0 Å². The molecule has 1 saturated heterocycles. The van der Waals surface area contributed by atoms with E-state index in [0.29, 0.717) is 0 Å². The lowest BCUT2D eigenvalue weighted by Crippen LogP contribution is -2.60. The monoisotopic (exact) mass is 269 g/mol. The van der Waals surface area contributed by atoms with E-state index in [1.54, 1.807) is 0 Å². The fourth-order valence-electron chi connectivity index (χ4n) is 2.82. The maximum atomic E-state index is 12.2. The number of hydrogen-bond acceptors (Lipinski definition) is 3. The lowest BCUT2D eigenvalue weighted by molar-refractivity contribution is -0.169. The summed E-state index contributed by atoms with van der Waals surface area (Å²) in [5, 5.41) is 0. The van der Waals surface area contributed by atoms with Crippen molar-refractivity contribution >= 4 is 5.97 Å². The van der Waals surface area contributed by atoms with Gasteiger partial charge in [-0.2, -0.15) is 0 Å². The fourth-order valence-corrected chi connectivity index (χ4v) is 2.82. The number of carbonyl (C=O) groups is 1. The summed E-state index contributed by atoms with van der Waals surface area (Å²) < 4.78 is 5.80. The molecular weight excluding hydrogens is 238 g/mol. The van der Waals surface area contributed by atoms with E-state index >= 15 is 0 Å². The highest BCUT2D eigenvalue weighted by Gasteiger charge is 2.45. The van der Waals surface area contributed by atoms with Gasteiger partial charge in [-0.15, -0.1) is 0 Å². The van der Waals surface area contributed by atoms with Crippen LogP contribution in [-0.4, -0.2) is 35.1 Å². The van der Waals surface area contributed by atoms with Crippen LogP contribution in [0.2, 0.25) is 0 Å². The first-order valence-electron chi connectivity index (χ1n) is 7.37. The number of nitrogens with zero attached hydrogens (tertiary/aromatic N) is 1. The van der Waals surface area contributed by atoms with E-state index in [2.05, 4.69) is 39.6 Å². The Morgan fingerprint density at radius 2 is 1.63 bits per heavy atom. The Labute approximate surface area is 118 Å². The van der Waals surface area contributed by atoms with Crippen molar-refractivity contribution in [2.45, 2.75) is 84.9 Å². The minimum Gasteiger partial charge on any atom is -0.462 e. The van der Waals surface area contributed by atoms with Gasteiger partial charge in [-0.3, -0.25) is 9.69 Å². The van der Waals surface area contributed by atoms with E-state index in [1.807, 2.05) is 20.8 Å². The zero-order valence-electron chi connectivity index (χ0n) is 14.0. The molecule has 0 atom stereocenters. The van der Waals surface area contributed by atoms with Gasteiger partial charge in [0.15, 0.2) is 0 Å². The molecule has 0 aromatic heterocycles. The largest absolute Gasteiger partial charge is 0.462 e. The Hall–Kier alpha value is -0.570. The van der Waals surface area contributed by atoms with E-state index in [-0.39, 0.29) is 28.6 Å². The van der Waals surface area contributed by atoms with E-state index in [9.17, 15) is 4.79 Å². The van der Waals surface area contributed by atoms with Gasteiger partial charge in [-0.1, -0.05) is 6.92 Å². The lowest BCUT2D eigenvalue weighted by Gasteiger charge is -2.53. The Morgan fingerprint density at radius 1 is 1.21 bits per heavy atom. The number of likely N-dealkylation sites (tertiary alicyclic amines) is 1. The zero-order valence-corrected chi connectivity index (χ0v) is 14.0. The molecule has 1 aliphatic rings. The molecule has 3 heteroatoms. The number of carbonyl (C=O) groups excluding carboxylic acids is 1. The van der Waals surface area contributed by atoms with Gasteiger partial charge >= 0.3 is 5.97 Å². The van der Waals surface area contributed by atoms with Gasteiger partial charge in [0.2, 0.25) is 0 Å². The van der Waals surface area contributed by atoms with Gasteiger partial charge in [0.05, 0.1) is 5.41 Å². The minimum atomic E-state index is -0.377. The van der Waals surface area contributed by atoms with Crippen LogP contribution in [0.1, 0.15) is 67.7 Å². The van der Waals surface area contributed by atoms with Gasteiger partial charge in [0.25, 0.3) is 0 Å². The van der Waals surface area contributed by atoms with Gasteiger partial charge < -0.3 is 4.74 Å². The minimum absolute atomic E-state index is 0.0273. The summed E-state index contributed by atoms with van der Waals surface area (Å²) in [6.07, 6.45) is 2.64. The maximum absolute atomic E-state index is 12.2. The predicted octanol–water partition coefficient (Wildman–Crippen LogP) is 3.62. The average molecular weight is 269 g/mol. The third-order valence-electron chi connectivity index (χ3n) is 4.98. The van der Waals surface area contributed by atoms with Crippen molar-refractivity contribution in [3.05, 3.63) is 0 Å². The van der Waals surface area contributed by atoms with E-state index in [1.165, 1.54) is 0 Å². The summed E-state index contributed by atoms with van der Waals surface area (Å²) >= 11 is 0.